The van der Waals surface area contributed by atoms with E-state index < -0.39 is 0 Å². The fourth-order valence-corrected chi connectivity index (χ4v) is 0.155. The first-order chi connectivity index (χ1) is 3.31. The van der Waals surface area contributed by atoms with E-state index in [4.69, 9.17) is 11.5 Å². The van der Waals surface area contributed by atoms with Crippen LogP contribution in [0.5, 0.6) is 0 Å². The van der Waals surface area contributed by atoms with Crippen molar-refractivity contribution in [1.29, 1.82) is 0 Å². The Morgan fingerprint density at radius 1 is 1.62 bits per heavy atom. The third-order valence-electron chi connectivity index (χ3n) is 0.518. The first-order valence-corrected chi connectivity index (χ1v) is 1.91. The molecule has 4 heteroatoms. The van der Waals surface area contributed by atoms with E-state index in [-0.39, 0.29) is 25.4 Å². The molecule has 0 amide bonds. The van der Waals surface area contributed by atoms with Crippen molar-refractivity contribution < 1.29 is 4.79 Å². The van der Waals surface area contributed by atoms with Gasteiger partial charge in [0.2, 0.25) is 0 Å². The van der Waals surface area contributed by atoms with Crippen molar-refractivity contribution in [2.24, 2.45) is 11.5 Å². The summed E-state index contributed by atoms with van der Waals surface area (Å²) >= 11 is 0. The molecule has 42 valence electrons. The van der Waals surface area contributed by atoms with Gasteiger partial charge in [-0.15, -0.1) is 0 Å². The van der Waals surface area contributed by atoms with Crippen molar-refractivity contribution in [3.63, 3.8) is 0 Å². The van der Waals surface area contributed by atoms with Crippen molar-refractivity contribution in [3.8, 4) is 0 Å². The van der Waals surface area contributed by atoms with Crippen molar-refractivity contribution in [3.05, 3.63) is 11.8 Å². The zero-order valence-electron chi connectivity index (χ0n) is 3.92. The zero-order chi connectivity index (χ0) is 5.70. The Bertz CT molecular complexity index is 92.0. The number of aldehydes is 1. The Kier molecular flexibility index (Phi) is 9.05. The maximum absolute atomic E-state index is 9.56. The van der Waals surface area contributed by atoms with E-state index in [1.807, 2.05) is 0 Å². The second-order valence-electron chi connectivity index (χ2n) is 1.08. The SMILES string of the molecule is NCC(N)=CC=O.[LiH]. The van der Waals surface area contributed by atoms with Gasteiger partial charge in [0.1, 0.15) is 6.29 Å². The topological polar surface area (TPSA) is 69.1 Å². The molecule has 0 aromatic rings. The van der Waals surface area contributed by atoms with Crippen LogP contribution in [-0.4, -0.2) is 31.7 Å². The van der Waals surface area contributed by atoms with Gasteiger partial charge in [0.15, 0.2) is 0 Å². The summed E-state index contributed by atoms with van der Waals surface area (Å²) in [6.45, 7) is 0.249. The van der Waals surface area contributed by atoms with Crippen molar-refractivity contribution >= 4 is 25.1 Å². The van der Waals surface area contributed by atoms with E-state index in [1.165, 1.54) is 6.08 Å². The van der Waals surface area contributed by atoms with Crippen LogP contribution in [0.15, 0.2) is 11.8 Å². The van der Waals surface area contributed by atoms with Crippen LogP contribution in [-0.2, 0) is 4.79 Å². The van der Waals surface area contributed by atoms with Gasteiger partial charge in [-0.05, 0) is 6.08 Å². The number of nitrogens with two attached hydrogens (primary N) is 2. The van der Waals surface area contributed by atoms with Gasteiger partial charge in [0.25, 0.3) is 0 Å². The number of hydrogen-bond acceptors (Lipinski definition) is 3. The molecule has 0 spiro atoms. The van der Waals surface area contributed by atoms with Crippen LogP contribution >= 0.6 is 0 Å². The van der Waals surface area contributed by atoms with Gasteiger partial charge in [-0.25, -0.2) is 0 Å². The molecule has 0 bridgehead atoms. The first-order valence-electron chi connectivity index (χ1n) is 1.91. The van der Waals surface area contributed by atoms with Crippen molar-refractivity contribution in [2.45, 2.75) is 0 Å². The van der Waals surface area contributed by atoms with Crippen LogP contribution in [0.25, 0.3) is 0 Å². The standard InChI is InChI=1S/C4H8N2O.Li.H/c5-3-4(6)1-2-7;;/h1-2H,3,5-6H2;;. The summed E-state index contributed by atoms with van der Waals surface area (Å²) in [4.78, 5) is 9.56. The average molecular weight is 108 g/mol. The fourth-order valence-electron chi connectivity index (χ4n) is 0.155. The third-order valence-corrected chi connectivity index (χ3v) is 0.518. The molecule has 0 aromatic carbocycles. The molecular formula is C4H9LiN2O. The molecule has 0 rings (SSSR count). The molecule has 0 radical (unpaired) electrons. The fraction of sp³-hybridized carbons (Fsp3) is 0.250. The Morgan fingerprint density at radius 3 is 2.25 bits per heavy atom. The molecule has 0 aliphatic carbocycles. The number of carbonyl (C=O) groups excluding carboxylic acids is 1. The Hall–Kier alpha value is -0.233. The summed E-state index contributed by atoms with van der Waals surface area (Å²) < 4.78 is 0. The van der Waals surface area contributed by atoms with Gasteiger partial charge in [-0.3, -0.25) is 4.79 Å². The van der Waals surface area contributed by atoms with Crippen molar-refractivity contribution in [2.75, 3.05) is 6.54 Å². The number of rotatable bonds is 2. The van der Waals surface area contributed by atoms with Crippen LogP contribution in [0.4, 0.5) is 0 Å². The van der Waals surface area contributed by atoms with Crippen LogP contribution in [0.2, 0.25) is 0 Å². The minimum absolute atomic E-state index is 0. The maximum atomic E-state index is 9.56. The molecule has 4 N–H and O–H groups in total. The van der Waals surface area contributed by atoms with Gasteiger partial charge in [-0.2, -0.15) is 0 Å². The predicted molar refractivity (Wildman–Crippen MR) is 34.5 cm³/mol. The summed E-state index contributed by atoms with van der Waals surface area (Å²) in [5.74, 6) is 0. The van der Waals surface area contributed by atoms with E-state index in [1.54, 1.807) is 0 Å². The number of allylic oxidation sites excluding steroid dienone is 1. The van der Waals surface area contributed by atoms with E-state index >= 15 is 0 Å². The minimum atomic E-state index is 0. The van der Waals surface area contributed by atoms with Gasteiger partial charge in [-0.1, -0.05) is 0 Å². The zero-order valence-corrected chi connectivity index (χ0v) is 3.92. The van der Waals surface area contributed by atoms with Crippen LogP contribution < -0.4 is 11.5 Å². The molecule has 0 fully saturated rings. The molecule has 0 unspecified atom stereocenters. The molecule has 0 saturated carbocycles. The Labute approximate surface area is 60.3 Å². The molecule has 8 heavy (non-hydrogen) atoms. The van der Waals surface area contributed by atoms with E-state index in [2.05, 4.69) is 0 Å². The second-order valence-corrected chi connectivity index (χ2v) is 1.08. The van der Waals surface area contributed by atoms with Crippen LogP contribution in [0.1, 0.15) is 0 Å². The van der Waals surface area contributed by atoms with Gasteiger partial charge in [0.05, 0.1) is 0 Å². The number of hydrogen-bond donors (Lipinski definition) is 2. The van der Waals surface area contributed by atoms with E-state index in [0.29, 0.717) is 12.0 Å². The summed E-state index contributed by atoms with van der Waals surface area (Å²) in [5, 5.41) is 0. The quantitative estimate of drug-likeness (QED) is 0.252. The van der Waals surface area contributed by atoms with Gasteiger partial charge < -0.3 is 11.5 Å². The summed E-state index contributed by atoms with van der Waals surface area (Å²) in [6.07, 6.45) is 1.85. The summed E-state index contributed by atoms with van der Waals surface area (Å²) in [6, 6.07) is 0. The molecule has 0 atom stereocenters. The predicted octanol–water partition coefficient (Wildman–Crippen LogP) is -1.66. The first kappa shape index (κ1) is 10.7. The normalized spacial score (nSPS) is 9.88. The summed E-state index contributed by atoms with van der Waals surface area (Å²) in [5.41, 5.74) is 10.5. The molecule has 0 aliphatic heterocycles. The third kappa shape index (κ3) is 5.77. The van der Waals surface area contributed by atoms with Gasteiger partial charge in [0, 0.05) is 12.2 Å². The Balaban J connectivity index is 0. The van der Waals surface area contributed by atoms with Crippen LogP contribution in [0.3, 0.4) is 0 Å². The Morgan fingerprint density at radius 2 is 2.12 bits per heavy atom. The van der Waals surface area contributed by atoms with Crippen LogP contribution in [0, 0.1) is 0 Å². The average Bonchev–Trinajstić information content (AvgIpc) is 1.68. The molecule has 0 aliphatic rings. The van der Waals surface area contributed by atoms with E-state index in [9.17, 15) is 4.79 Å². The van der Waals surface area contributed by atoms with Gasteiger partial charge >= 0.3 is 18.9 Å². The molecule has 0 aromatic heterocycles. The van der Waals surface area contributed by atoms with Crippen molar-refractivity contribution in [1.82, 2.24) is 0 Å². The van der Waals surface area contributed by atoms with E-state index in [0.717, 1.165) is 0 Å². The monoisotopic (exact) mass is 108 g/mol. The second kappa shape index (κ2) is 6.77. The molecule has 0 saturated heterocycles. The number of carbonyl (C=O) groups is 1. The molecular weight excluding hydrogens is 99.0 g/mol. The summed E-state index contributed by atoms with van der Waals surface area (Å²) in [7, 11) is 0. The molecule has 0 heterocycles. The molecule has 3 nitrogen and oxygen atoms in total.